The molecule has 0 heterocycles. The number of hydrogen-bond acceptors (Lipinski definition) is 2. The van der Waals surface area contributed by atoms with E-state index in [9.17, 15) is 13.2 Å². The highest BCUT2D eigenvalue weighted by molar-refractivity contribution is 4.90. The molecule has 0 saturated heterocycles. The van der Waals surface area contributed by atoms with Crippen LogP contribution in [0.5, 0.6) is 0 Å². The third-order valence-electron chi connectivity index (χ3n) is 1.54. The second kappa shape index (κ2) is 6.03. The van der Waals surface area contributed by atoms with Gasteiger partial charge in [-0.1, -0.05) is 12.2 Å². The lowest BCUT2D eigenvalue weighted by Crippen LogP contribution is -2.35. The first kappa shape index (κ1) is 13.4. The molecule has 0 aliphatic rings. The first-order valence-corrected chi connectivity index (χ1v) is 4.41. The highest BCUT2D eigenvalue weighted by Gasteiger charge is 2.25. The number of alkyl halides is 3. The summed E-state index contributed by atoms with van der Waals surface area (Å²) >= 11 is 0. The van der Waals surface area contributed by atoms with Gasteiger partial charge in [0, 0.05) is 19.6 Å². The van der Waals surface area contributed by atoms with Crippen LogP contribution in [-0.2, 0) is 0 Å². The van der Waals surface area contributed by atoms with E-state index in [0.29, 0.717) is 19.6 Å². The zero-order valence-corrected chi connectivity index (χ0v) is 8.62. The molecule has 84 valence electrons. The summed E-state index contributed by atoms with van der Waals surface area (Å²) < 4.78 is 35.1. The molecular weight excluding hydrogens is 193 g/mol. The van der Waals surface area contributed by atoms with Gasteiger partial charge in [0.1, 0.15) is 0 Å². The molecule has 0 aromatic heterocycles. The van der Waals surface area contributed by atoms with Crippen LogP contribution < -0.4 is 5.32 Å². The summed E-state index contributed by atoms with van der Waals surface area (Å²) in [6, 6.07) is 0. The molecule has 0 spiro atoms. The summed E-state index contributed by atoms with van der Waals surface area (Å²) in [5.41, 5.74) is 1.00. The van der Waals surface area contributed by atoms with E-state index in [1.807, 2.05) is 18.9 Å². The molecule has 0 aromatic carbocycles. The molecule has 2 nitrogen and oxygen atoms in total. The average Bonchev–Trinajstić information content (AvgIpc) is 1.95. The van der Waals surface area contributed by atoms with Crippen molar-refractivity contribution in [1.82, 2.24) is 10.2 Å². The summed E-state index contributed by atoms with van der Waals surface area (Å²) in [7, 11) is 1.85. The van der Waals surface area contributed by atoms with Crippen molar-refractivity contribution in [2.45, 2.75) is 13.1 Å². The lowest BCUT2D eigenvalue weighted by Gasteiger charge is -2.17. The van der Waals surface area contributed by atoms with Crippen LogP contribution in [0.4, 0.5) is 13.2 Å². The first-order chi connectivity index (χ1) is 6.31. The van der Waals surface area contributed by atoms with E-state index < -0.39 is 12.7 Å². The van der Waals surface area contributed by atoms with Crippen molar-refractivity contribution in [3.63, 3.8) is 0 Å². The SMILES string of the molecule is C=C(C)CN(C)CCNCC(F)(F)F. The van der Waals surface area contributed by atoms with E-state index in [1.165, 1.54) is 0 Å². The van der Waals surface area contributed by atoms with E-state index in [2.05, 4.69) is 11.9 Å². The molecule has 0 fully saturated rings. The summed E-state index contributed by atoms with van der Waals surface area (Å²) in [5, 5.41) is 2.33. The highest BCUT2D eigenvalue weighted by Crippen LogP contribution is 2.11. The van der Waals surface area contributed by atoms with Crippen LogP contribution in [-0.4, -0.2) is 44.3 Å². The van der Waals surface area contributed by atoms with Gasteiger partial charge in [-0.05, 0) is 14.0 Å². The van der Waals surface area contributed by atoms with E-state index in [4.69, 9.17) is 0 Å². The summed E-state index contributed by atoms with van der Waals surface area (Å²) in [4.78, 5) is 1.92. The predicted molar refractivity (Wildman–Crippen MR) is 51.2 cm³/mol. The van der Waals surface area contributed by atoms with Crippen molar-refractivity contribution >= 4 is 0 Å². The number of hydrogen-bond donors (Lipinski definition) is 1. The second-order valence-corrected chi connectivity index (χ2v) is 3.49. The molecule has 0 radical (unpaired) electrons. The third kappa shape index (κ3) is 9.54. The zero-order valence-electron chi connectivity index (χ0n) is 8.62. The maximum absolute atomic E-state index is 11.7. The van der Waals surface area contributed by atoms with Crippen molar-refractivity contribution < 1.29 is 13.2 Å². The van der Waals surface area contributed by atoms with E-state index in [-0.39, 0.29) is 0 Å². The van der Waals surface area contributed by atoms with Gasteiger partial charge in [0.2, 0.25) is 0 Å². The fraction of sp³-hybridized carbons (Fsp3) is 0.778. The van der Waals surface area contributed by atoms with Gasteiger partial charge in [-0.2, -0.15) is 13.2 Å². The summed E-state index contributed by atoms with van der Waals surface area (Å²) in [6.07, 6.45) is -4.12. The van der Waals surface area contributed by atoms with E-state index >= 15 is 0 Å². The standard InChI is InChI=1S/C9H17F3N2/c1-8(2)6-14(3)5-4-13-7-9(10,11)12/h13H,1,4-7H2,2-3H3. The van der Waals surface area contributed by atoms with Crippen molar-refractivity contribution in [2.75, 3.05) is 33.2 Å². The summed E-state index contributed by atoms with van der Waals surface area (Å²) in [6.45, 7) is 6.33. The molecule has 14 heavy (non-hydrogen) atoms. The van der Waals surface area contributed by atoms with Crippen molar-refractivity contribution in [1.29, 1.82) is 0 Å². The van der Waals surface area contributed by atoms with Crippen LogP contribution in [0, 0.1) is 0 Å². The molecular formula is C9H17F3N2. The van der Waals surface area contributed by atoms with Crippen LogP contribution in [0.1, 0.15) is 6.92 Å². The van der Waals surface area contributed by atoms with Crippen LogP contribution in [0.25, 0.3) is 0 Å². The highest BCUT2D eigenvalue weighted by atomic mass is 19.4. The monoisotopic (exact) mass is 210 g/mol. The van der Waals surface area contributed by atoms with Gasteiger partial charge in [-0.15, -0.1) is 0 Å². The lowest BCUT2D eigenvalue weighted by atomic mass is 10.3. The molecule has 0 amide bonds. The molecule has 5 heteroatoms. The van der Waals surface area contributed by atoms with Gasteiger partial charge in [-0.25, -0.2) is 0 Å². The van der Waals surface area contributed by atoms with Gasteiger partial charge in [-0.3, -0.25) is 0 Å². The smallest absolute Gasteiger partial charge is 0.307 e. The zero-order chi connectivity index (χ0) is 11.2. The number of likely N-dealkylation sites (N-methyl/N-ethyl adjacent to an activating group) is 1. The largest absolute Gasteiger partial charge is 0.401 e. The van der Waals surface area contributed by atoms with Gasteiger partial charge in [0.05, 0.1) is 6.54 Å². The molecule has 0 atom stereocenters. The number of rotatable bonds is 6. The first-order valence-electron chi connectivity index (χ1n) is 4.41. The maximum Gasteiger partial charge on any atom is 0.401 e. The van der Waals surface area contributed by atoms with E-state index in [1.54, 1.807) is 0 Å². The Morgan fingerprint density at radius 1 is 1.43 bits per heavy atom. The maximum atomic E-state index is 11.7. The second-order valence-electron chi connectivity index (χ2n) is 3.49. The number of nitrogens with zero attached hydrogens (tertiary/aromatic N) is 1. The van der Waals surface area contributed by atoms with Crippen LogP contribution in [0.2, 0.25) is 0 Å². The van der Waals surface area contributed by atoms with Crippen molar-refractivity contribution in [3.05, 3.63) is 12.2 Å². The van der Waals surface area contributed by atoms with Crippen molar-refractivity contribution in [2.24, 2.45) is 0 Å². The average molecular weight is 210 g/mol. The minimum atomic E-state index is -4.12. The molecule has 1 N–H and O–H groups in total. The van der Waals surface area contributed by atoms with Crippen molar-refractivity contribution in [3.8, 4) is 0 Å². The molecule has 0 aliphatic carbocycles. The topological polar surface area (TPSA) is 15.3 Å². The lowest BCUT2D eigenvalue weighted by molar-refractivity contribution is -0.124. The van der Waals surface area contributed by atoms with Gasteiger partial charge in [0.25, 0.3) is 0 Å². The number of nitrogens with one attached hydrogen (secondary N) is 1. The predicted octanol–water partition coefficient (Wildman–Crippen LogP) is 1.65. The fourth-order valence-corrected chi connectivity index (χ4v) is 1.04. The molecule has 0 unspecified atom stereocenters. The third-order valence-corrected chi connectivity index (χ3v) is 1.54. The van der Waals surface area contributed by atoms with Crippen LogP contribution >= 0.6 is 0 Å². The molecule has 0 rings (SSSR count). The van der Waals surface area contributed by atoms with Crippen LogP contribution in [0.15, 0.2) is 12.2 Å². The minimum absolute atomic E-state index is 0.337. The van der Waals surface area contributed by atoms with E-state index in [0.717, 1.165) is 5.57 Å². The quantitative estimate of drug-likeness (QED) is 0.529. The Kier molecular flexibility index (Phi) is 5.79. The Bertz CT molecular complexity index is 177. The van der Waals surface area contributed by atoms with Crippen LogP contribution in [0.3, 0.4) is 0 Å². The number of halogens is 3. The Morgan fingerprint density at radius 3 is 2.43 bits per heavy atom. The normalized spacial score (nSPS) is 12.1. The molecule has 0 bridgehead atoms. The Hall–Kier alpha value is -0.550. The Balaban J connectivity index is 3.41. The van der Waals surface area contributed by atoms with Gasteiger partial charge >= 0.3 is 6.18 Å². The Labute approximate surface area is 82.8 Å². The summed E-state index contributed by atoms with van der Waals surface area (Å²) in [5.74, 6) is 0. The molecule has 0 saturated carbocycles. The minimum Gasteiger partial charge on any atom is -0.307 e. The molecule has 0 aliphatic heterocycles. The molecule has 0 aromatic rings. The van der Waals surface area contributed by atoms with Gasteiger partial charge < -0.3 is 10.2 Å². The fourth-order valence-electron chi connectivity index (χ4n) is 1.04. The Morgan fingerprint density at radius 2 is 2.00 bits per heavy atom. The van der Waals surface area contributed by atoms with Gasteiger partial charge in [0.15, 0.2) is 0 Å².